The van der Waals surface area contributed by atoms with Crippen LogP contribution in [0.4, 0.5) is 5.69 Å². The number of carbonyl (C=O) groups is 1. The molecule has 9 heteroatoms. The SMILES string of the molecule is Cc1cccc(-c2nnc(SCC(=O)Nc3ccc4c(c3)OCO4)n2Cc2ccco2)c1. The fourth-order valence-corrected chi connectivity index (χ4v) is 4.13. The Morgan fingerprint density at radius 3 is 2.84 bits per heavy atom. The molecular weight excluding hydrogens is 428 g/mol. The number of aromatic nitrogens is 3. The number of carbonyl (C=O) groups excluding carboxylic acids is 1. The lowest BCUT2D eigenvalue weighted by Gasteiger charge is -2.10. The van der Waals surface area contributed by atoms with Gasteiger partial charge in [-0.25, -0.2) is 0 Å². The molecule has 1 amide bonds. The van der Waals surface area contributed by atoms with Crippen LogP contribution in [0.3, 0.4) is 0 Å². The summed E-state index contributed by atoms with van der Waals surface area (Å²) in [5.41, 5.74) is 2.74. The third kappa shape index (κ3) is 4.33. The number of fused-ring (bicyclic) bond motifs is 1. The highest BCUT2D eigenvalue weighted by atomic mass is 32.2. The van der Waals surface area contributed by atoms with E-state index in [-0.39, 0.29) is 18.5 Å². The first kappa shape index (κ1) is 20.2. The van der Waals surface area contributed by atoms with E-state index >= 15 is 0 Å². The topological polar surface area (TPSA) is 91.4 Å². The Hall–Kier alpha value is -3.72. The van der Waals surface area contributed by atoms with Crippen molar-refractivity contribution in [1.29, 1.82) is 0 Å². The number of ether oxygens (including phenoxy) is 2. The van der Waals surface area contributed by atoms with Crippen molar-refractivity contribution < 1.29 is 18.7 Å². The van der Waals surface area contributed by atoms with Crippen molar-refractivity contribution in [3.63, 3.8) is 0 Å². The lowest BCUT2D eigenvalue weighted by Crippen LogP contribution is -2.14. The molecule has 1 aliphatic heterocycles. The molecule has 162 valence electrons. The zero-order chi connectivity index (χ0) is 21.9. The minimum atomic E-state index is -0.154. The van der Waals surface area contributed by atoms with Crippen LogP contribution in [0.25, 0.3) is 11.4 Å². The van der Waals surface area contributed by atoms with E-state index in [1.807, 2.05) is 41.8 Å². The maximum atomic E-state index is 12.6. The Balaban J connectivity index is 1.33. The lowest BCUT2D eigenvalue weighted by molar-refractivity contribution is -0.113. The van der Waals surface area contributed by atoms with Crippen LogP contribution in [0, 0.1) is 6.92 Å². The quantitative estimate of drug-likeness (QED) is 0.420. The number of nitrogens with zero attached hydrogens (tertiary/aromatic N) is 3. The summed E-state index contributed by atoms with van der Waals surface area (Å²) in [6.07, 6.45) is 1.64. The van der Waals surface area contributed by atoms with Crippen LogP contribution in [-0.4, -0.2) is 33.2 Å². The third-order valence-corrected chi connectivity index (χ3v) is 5.84. The van der Waals surface area contributed by atoms with Crippen molar-refractivity contribution in [2.45, 2.75) is 18.6 Å². The van der Waals surface area contributed by atoms with Crippen LogP contribution in [0.1, 0.15) is 11.3 Å². The summed E-state index contributed by atoms with van der Waals surface area (Å²) in [5, 5.41) is 12.3. The maximum absolute atomic E-state index is 12.6. The van der Waals surface area contributed by atoms with Crippen LogP contribution in [-0.2, 0) is 11.3 Å². The number of anilines is 1. The summed E-state index contributed by atoms with van der Waals surface area (Å²) in [4.78, 5) is 12.6. The molecule has 0 unspecified atom stereocenters. The van der Waals surface area contributed by atoms with E-state index in [1.54, 1.807) is 24.5 Å². The molecule has 0 saturated carbocycles. The molecule has 1 N–H and O–H groups in total. The van der Waals surface area contributed by atoms with E-state index < -0.39 is 0 Å². The van der Waals surface area contributed by atoms with E-state index in [1.165, 1.54) is 11.8 Å². The van der Waals surface area contributed by atoms with Gasteiger partial charge < -0.3 is 19.2 Å². The number of aryl methyl sites for hydroxylation is 1. The number of rotatable bonds is 7. The molecule has 0 atom stereocenters. The summed E-state index contributed by atoms with van der Waals surface area (Å²) in [6, 6.07) is 17.1. The van der Waals surface area contributed by atoms with Crippen molar-refractivity contribution in [3.8, 4) is 22.9 Å². The molecule has 8 nitrogen and oxygen atoms in total. The van der Waals surface area contributed by atoms with Gasteiger partial charge in [-0.3, -0.25) is 9.36 Å². The van der Waals surface area contributed by atoms with Gasteiger partial charge in [0.05, 0.1) is 18.6 Å². The predicted molar refractivity (Wildman–Crippen MR) is 120 cm³/mol. The number of amides is 1. The average molecular weight is 449 g/mol. The van der Waals surface area contributed by atoms with E-state index in [2.05, 4.69) is 21.6 Å². The van der Waals surface area contributed by atoms with Gasteiger partial charge in [0.15, 0.2) is 22.5 Å². The van der Waals surface area contributed by atoms with Gasteiger partial charge in [-0.05, 0) is 37.3 Å². The molecule has 32 heavy (non-hydrogen) atoms. The second-order valence-electron chi connectivity index (χ2n) is 7.25. The minimum Gasteiger partial charge on any atom is -0.467 e. The molecule has 0 fully saturated rings. The Bertz CT molecular complexity index is 1250. The van der Waals surface area contributed by atoms with E-state index in [0.29, 0.717) is 28.9 Å². The molecule has 1 aliphatic rings. The van der Waals surface area contributed by atoms with Gasteiger partial charge in [0.1, 0.15) is 5.76 Å². The monoisotopic (exact) mass is 448 g/mol. The van der Waals surface area contributed by atoms with Gasteiger partial charge >= 0.3 is 0 Å². The third-order valence-electron chi connectivity index (χ3n) is 4.88. The fourth-order valence-electron chi connectivity index (χ4n) is 3.40. The Kier molecular flexibility index (Phi) is 5.55. The van der Waals surface area contributed by atoms with E-state index in [4.69, 9.17) is 13.9 Å². The molecule has 3 heterocycles. The number of hydrogen-bond donors (Lipinski definition) is 1. The molecule has 0 spiro atoms. The first-order valence-corrected chi connectivity index (χ1v) is 11.0. The smallest absolute Gasteiger partial charge is 0.234 e. The van der Waals surface area contributed by atoms with Gasteiger partial charge in [0.2, 0.25) is 12.7 Å². The second kappa shape index (κ2) is 8.80. The highest BCUT2D eigenvalue weighted by molar-refractivity contribution is 7.99. The van der Waals surface area contributed by atoms with Crippen LogP contribution >= 0.6 is 11.8 Å². The molecule has 0 bridgehead atoms. The van der Waals surface area contributed by atoms with Gasteiger partial charge in [-0.15, -0.1) is 10.2 Å². The predicted octanol–water partition coefficient (Wildman–Crippen LogP) is 4.35. The summed E-state index contributed by atoms with van der Waals surface area (Å²) in [6.45, 7) is 2.69. The lowest BCUT2D eigenvalue weighted by atomic mass is 10.1. The zero-order valence-corrected chi connectivity index (χ0v) is 18.1. The summed E-state index contributed by atoms with van der Waals surface area (Å²) >= 11 is 1.32. The molecule has 4 aromatic rings. The molecule has 0 radical (unpaired) electrons. The molecule has 5 rings (SSSR count). The maximum Gasteiger partial charge on any atom is 0.234 e. The first-order valence-electron chi connectivity index (χ1n) is 10.0. The summed E-state index contributed by atoms with van der Waals surface area (Å²) in [5.74, 6) is 2.83. The Labute approximate surface area is 188 Å². The second-order valence-corrected chi connectivity index (χ2v) is 8.19. The standard InChI is InChI=1S/C23H20N4O4S/c1-15-4-2-5-16(10-15)22-25-26-23(27(22)12-18-6-3-9-29-18)32-13-21(28)24-17-7-8-19-20(11-17)31-14-30-19/h2-11H,12-14H2,1H3,(H,24,28). The van der Waals surface area contributed by atoms with E-state index in [0.717, 1.165) is 22.7 Å². The first-order chi connectivity index (χ1) is 15.7. The highest BCUT2D eigenvalue weighted by Crippen LogP contribution is 2.34. The summed E-state index contributed by atoms with van der Waals surface area (Å²) in [7, 11) is 0. The molecule has 2 aromatic heterocycles. The number of benzene rings is 2. The average Bonchev–Trinajstić information content (AvgIpc) is 3.54. The highest BCUT2D eigenvalue weighted by Gasteiger charge is 2.18. The van der Waals surface area contributed by atoms with Crippen LogP contribution in [0.15, 0.2) is 70.4 Å². The zero-order valence-electron chi connectivity index (χ0n) is 17.3. The minimum absolute atomic E-state index is 0.154. The fraction of sp³-hybridized carbons (Fsp3) is 0.174. The van der Waals surface area contributed by atoms with E-state index in [9.17, 15) is 4.79 Å². The van der Waals surface area contributed by atoms with Crippen molar-refractivity contribution in [1.82, 2.24) is 14.8 Å². The largest absolute Gasteiger partial charge is 0.467 e. The number of nitrogens with one attached hydrogen (secondary N) is 1. The van der Waals surface area contributed by atoms with Gasteiger partial charge in [0.25, 0.3) is 0 Å². The van der Waals surface area contributed by atoms with Gasteiger partial charge in [-0.1, -0.05) is 35.5 Å². The van der Waals surface area contributed by atoms with Gasteiger partial charge in [-0.2, -0.15) is 0 Å². The van der Waals surface area contributed by atoms with Crippen molar-refractivity contribution in [2.75, 3.05) is 17.9 Å². The van der Waals surface area contributed by atoms with Crippen LogP contribution < -0.4 is 14.8 Å². The molecular formula is C23H20N4O4S. The Morgan fingerprint density at radius 1 is 1.09 bits per heavy atom. The van der Waals surface area contributed by atoms with Crippen LogP contribution in [0.2, 0.25) is 0 Å². The number of thioether (sulfide) groups is 1. The van der Waals surface area contributed by atoms with Crippen molar-refractivity contribution in [3.05, 3.63) is 72.2 Å². The Morgan fingerprint density at radius 2 is 2.00 bits per heavy atom. The van der Waals surface area contributed by atoms with Crippen molar-refractivity contribution >= 4 is 23.4 Å². The number of hydrogen-bond acceptors (Lipinski definition) is 7. The molecule has 0 saturated heterocycles. The normalized spacial score (nSPS) is 12.2. The van der Waals surface area contributed by atoms with Crippen molar-refractivity contribution in [2.24, 2.45) is 0 Å². The summed E-state index contributed by atoms with van der Waals surface area (Å²) < 4.78 is 18.2. The molecule has 0 aliphatic carbocycles. The van der Waals surface area contributed by atoms with Gasteiger partial charge in [0, 0.05) is 17.3 Å². The molecule has 2 aromatic carbocycles. The number of furan rings is 1. The van der Waals surface area contributed by atoms with Crippen LogP contribution in [0.5, 0.6) is 11.5 Å².